The summed E-state index contributed by atoms with van der Waals surface area (Å²) in [6.45, 7) is 4.76. The van der Waals surface area contributed by atoms with Crippen molar-refractivity contribution in [3.05, 3.63) is 35.4 Å². The van der Waals surface area contributed by atoms with Crippen molar-refractivity contribution in [2.45, 2.75) is 32.7 Å². The number of nitrogens with one attached hydrogen (secondary N) is 1. The van der Waals surface area contributed by atoms with Crippen LogP contribution in [-0.4, -0.2) is 24.2 Å². The minimum absolute atomic E-state index is 0. The second-order valence-corrected chi connectivity index (χ2v) is 4.92. The van der Waals surface area contributed by atoms with E-state index in [1.54, 1.807) is 0 Å². The number of amides is 1. The molecule has 20 heavy (non-hydrogen) atoms. The van der Waals surface area contributed by atoms with Gasteiger partial charge in [0.05, 0.1) is 0 Å². The largest absolute Gasteiger partial charge is 0.396 e. The van der Waals surface area contributed by atoms with Crippen molar-refractivity contribution in [3.63, 3.8) is 0 Å². The first-order valence-electron chi connectivity index (χ1n) is 6.79. The summed E-state index contributed by atoms with van der Waals surface area (Å²) in [7, 11) is 0. The lowest BCUT2D eigenvalue weighted by molar-refractivity contribution is -0.122. The fraction of sp³-hybridized carbons (Fsp3) is 0.533. The van der Waals surface area contributed by atoms with Crippen molar-refractivity contribution in [3.8, 4) is 0 Å². The van der Waals surface area contributed by atoms with Crippen LogP contribution in [-0.2, 0) is 4.79 Å². The normalized spacial score (nSPS) is 13.2. The molecule has 1 amide bonds. The van der Waals surface area contributed by atoms with E-state index < -0.39 is 6.04 Å². The number of carbonyl (C=O) groups excluding carboxylic acids is 1. The van der Waals surface area contributed by atoms with Gasteiger partial charge in [0.2, 0.25) is 5.91 Å². The Morgan fingerprint density at radius 2 is 1.95 bits per heavy atom. The number of aryl methyl sites for hydroxylation is 1. The monoisotopic (exact) mass is 300 g/mol. The van der Waals surface area contributed by atoms with Crippen molar-refractivity contribution >= 4 is 18.3 Å². The Kier molecular flexibility index (Phi) is 9.21. The highest BCUT2D eigenvalue weighted by molar-refractivity contribution is 5.85. The molecule has 0 bridgehead atoms. The molecule has 0 aliphatic carbocycles. The van der Waals surface area contributed by atoms with E-state index in [1.807, 2.05) is 38.1 Å². The number of hydrogen-bond donors (Lipinski definition) is 3. The van der Waals surface area contributed by atoms with Crippen molar-refractivity contribution in [2.24, 2.45) is 11.7 Å². The van der Waals surface area contributed by atoms with Gasteiger partial charge < -0.3 is 16.2 Å². The summed E-state index contributed by atoms with van der Waals surface area (Å²) in [6, 6.07) is 7.02. The number of hydrogen-bond acceptors (Lipinski definition) is 3. The van der Waals surface area contributed by atoms with E-state index in [9.17, 15) is 4.79 Å². The first-order chi connectivity index (χ1) is 9.08. The number of aliphatic hydroxyl groups excluding tert-OH is 1. The minimum Gasteiger partial charge on any atom is -0.396 e. The van der Waals surface area contributed by atoms with E-state index in [1.165, 1.54) is 0 Å². The summed E-state index contributed by atoms with van der Waals surface area (Å²) in [5.41, 5.74) is 7.89. The Bertz CT molecular complexity index is 395. The molecule has 5 heteroatoms. The molecule has 0 heterocycles. The van der Waals surface area contributed by atoms with Crippen molar-refractivity contribution < 1.29 is 9.90 Å². The highest BCUT2D eigenvalue weighted by Gasteiger charge is 2.16. The fourth-order valence-corrected chi connectivity index (χ4v) is 1.91. The molecule has 1 rings (SSSR count). The van der Waals surface area contributed by atoms with Gasteiger partial charge in [-0.1, -0.05) is 43.2 Å². The molecule has 0 aliphatic heterocycles. The van der Waals surface area contributed by atoms with Crippen LogP contribution in [0.25, 0.3) is 0 Å². The predicted octanol–water partition coefficient (Wildman–Crippen LogP) is 1.94. The van der Waals surface area contributed by atoms with Crippen LogP contribution in [0.5, 0.6) is 0 Å². The average molecular weight is 301 g/mol. The quantitative estimate of drug-likeness (QED) is 0.720. The van der Waals surface area contributed by atoms with Gasteiger partial charge >= 0.3 is 0 Å². The molecule has 0 radical (unpaired) electrons. The van der Waals surface area contributed by atoms with E-state index >= 15 is 0 Å². The summed E-state index contributed by atoms with van der Waals surface area (Å²) in [5.74, 6) is 0.138. The fourth-order valence-electron chi connectivity index (χ4n) is 1.91. The van der Waals surface area contributed by atoms with Crippen LogP contribution in [0.2, 0.25) is 0 Å². The van der Waals surface area contributed by atoms with Crippen molar-refractivity contribution in [2.75, 3.05) is 13.2 Å². The van der Waals surface area contributed by atoms with Gasteiger partial charge in [-0.15, -0.1) is 12.4 Å². The van der Waals surface area contributed by atoms with Crippen molar-refractivity contribution in [1.29, 1.82) is 0 Å². The number of halogens is 1. The van der Waals surface area contributed by atoms with Gasteiger partial charge in [-0.3, -0.25) is 4.79 Å². The second-order valence-electron chi connectivity index (χ2n) is 4.92. The molecule has 114 valence electrons. The van der Waals surface area contributed by atoms with Crippen LogP contribution in [0.4, 0.5) is 0 Å². The SMILES string of the molecule is CCC(CCO)CNC(=O)C(N)c1ccc(C)cc1.Cl. The number of benzene rings is 1. The molecule has 1 aromatic carbocycles. The maximum absolute atomic E-state index is 12.0. The standard InChI is InChI=1S/C15H24N2O2.ClH/c1-3-12(8-9-18)10-17-15(19)14(16)13-6-4-11(2)5-7-13;/h4-7,12,14,18H,3,8-10,16H2,1-2H3,(H,17,19);1H. The molecule has 0 aliphatic rings. The van der Waals surface area contributed by atoms with Gasteiger partial charge in [-0.25, -0.2) is 0 Å². The zero-order chi connectivity index (χ0) is 14.3. The van der Waals surface area contributed by atoms with Crippen molar-refractivity contribution in [1.82, 2.24) is 5.32 Å². The third-order valence-corrected chi connectivity index (χ3v) is 3.40. The van der Waals surface area contributed by atoms with Crippen LogP contribution in [0.3, 0.4) is 0 Å². The molecule has 0 aromatic heterocycles. The molecule has 2 atom stereocenters. The maximum Gasteiger partial charge on any atom is 0.241 e. The Labute approximate surface area is 127 Å². The molecule has 0 fully saturated rings. The van der Waals surface area contributed by atoms with Gasteiger partial charge in [-0.2, -0.15) is 0 Å². The summed E-state index contributed by atoms with van der Waals surface area (Å²) < 4.78 is 0. The van der Waals surface area contributed by atoms with Crippen LogP contribution in [0, 0.1) is 12.8 Å². The van der Waals surface area contributed by atoms with Gasteiger partial charge in [0.1, 0.15) is 6.04 Å². The molecule has 0 spiro atoms. The highest BCUT2D eigenvalue weighted by Crippen LogP contribution is 2.12. The first-order valence-corrected chi connectivity index (χ1v) is 6.79. The Balaban J connectivity index is 0.00000361. The smallest absolute Gasteiger partial charge is 0.241 e. The molecular weight excluding hydrogens is 276 g/mol. The van der Waals surface area contributed by atoms with Crippen LogP contribution in [0.15, 0.2) is 24.3 Å². The topological polar surface area (TPSA) is 75.3 Å². The Morgan fingerprint density at radius 3 is 2.45 bits per heavy atom. The third-order valence-electron chi connectivity index (χ3n) is 3.40. The summed E-state index contributed by atoms with van der Waals surface area (Å²) in [6.07, 6.45) is 1.64. The minimum atomic E-state index is -0.632. The van der Waals surface area contributed by atoms with E-state index in [0.29, 0.717) is 18.9 Å². The van der Waals surface area contributed by atoms with Crippen LogP contribution >= 0.6 is 12.4 Å². The maximum atomic E-state index is 12.0. The molecule has 4 N–H and O–H groups in total. The van der Waals surface area contributed by atoms with E-state index in [2.05, 4.69) is 5.32 Å². The molecular formula is C15H25ClN2O2. The summed E-state index contributed by atoms with van der Waals surface area (Å²) in [4.78, 5) is 12.0. The number of nitrogens with two attached hydrogens (primary N) is 1. The van der Waals surface area contributed by atoms with Gasteiger partial charge in [0.15, 0.2) is 0 Å². The van der Waals surface area contributed by atoms with E-state index in [-0.39, 0.29) is 24.9 Å². The van der Waals surface area contributed by atoms with Crippen LogP contribution in [0.1, 0.15) is 36.9 Å². The summed E-state index contributed by atoms with van der Waals surface area (Å²) >= 11 is 0. The lowest BCUT2D eigenvalue weighted by Crippen LogP contribution is -2.37. The molecule has 4 nitrogen and oxygen atoms in total. The lowest BCUT2D eigenvalue weighted by atomic mass is 10.0. The lowest BCUT2D eigenvalue weighted by Gasteiger charge is -2.17. The van der Waals surface area contributed by atoms with E-state index in [4.69, 9.17) is 10.8 Å². The first kappa shape index (κ1) is 18.9. The zero-order valence-electron chi connectivity index (χ0n) is 12.1. The van der Waals surface area contributed by atoms with E-state index in [0.717, 1.165) is 17.5 Å². The van der Waals surface area contributed by atoms with Gasteiger partial charge in [-0.05, 0) is 24.8 Å². The molecule has 0 saturated carbocycles. The van der Waals surface area contributed by atoms with Gasteiger partial charge in [0.25, 0.3) is 0 Å². The number of rotatable bonds is 7. The van der Waals surface area contributed by atoms with Gasteiger partial charge in [0, 0.05) is 13.2 Å². The second kappa shape index (κ2) is 9.75. The highest BCUT2D eigenvalue weighted by atomic mass is 35.5. The third kappa shape index (κ3) is 5.90. The molecule has 0 saturated heterocycles. The Hall–Kier alpha value is -1.10. The number of aliphatic hydroxyl groups is 1. The number of carbonyl (C=O) groups is 1. The molecule has 1 aromatic rings. The Morgan fingerprint density at radius 1 is 1.35 bits per heavy atom. The zero-order valence-corrected chi connectivity index (χ0v) is 13.0. The molecule has 2 unspecified atom stereocenters. The average Bonchev–Trinajstić information content (AvgIpc) is 2.43. The predicted molar refractivity (Wildman–Crippen MR) is 83.8 cm³/mol. The van der Waals surface area contributed by atoms with Crippen LogP contribution < -0.4 is 11.1 Å². The summed E-state index contributed by atoms with van der Waals surface area (Å²) in [5, 5.41) is 11.8.